The fourth-order valence-corrected chi connectivity index (χ4v) is 2.54. The quantitative estimate of drug-likeness (QED) is 0.500. The Kier molecular flexibility index (Phi) is 3.59. The largest absolute Gasteiger partial charge is 0.317 e. The Morgan fingerprint density at radius 2 is 1.76 bits per heavy atom. The molecule has 0 unspecified atom stereocenters. The Bertz CT molecular complexity index is 1150. The molecule has 0 aliphatic carbocycles. The summed E-state index contributed by atoms with van der Waals surface area (Å²) in [6.45, 7) is 0. The standard InChI is InChI=1S/C18H13N5O2/c24-17-12-6-2-1-5-11(12)9-15(21-17)18(25)23-22-16-10-19-13-7-3-4-8-14(13)20-16/h1-10H,(H,20,22)(H,21,24)(H,23,25). The van der Waals surface area contributed by atoms with Gasteiger partial charge in [0.25, 0.3) is 11.5 Å². The number of carbonyl (C=O) groups is 1. The van der Waals surface area contributed by atoms with Crippen LogP contribution in [-0.4, -0.2) is 20.9 Å². The number of aromatic amines is 1. The molecule has 0 atom stereocenters. The van der Waals surface area contributed by atoms with Gasteiger partial charge in [0.15, 0.2) is 5.82 Å². The van der Waals surface area contributed by atoms with Crippen molar-refractivity contribution in [1.82, 2.24) is 20.4 Å². The molecular weight excluding hydrogens is 318 g/mol. The number of nitrogens with one attached hydrogen (secondary N) is 3. The number of rotatable bonds is 3. The van der Waals surface area contributed by atoms with Crippen LogP contribution in [0, 0.1) is 0 Å². The Labute approximate surface area is 141 Å². The molecule has 122 valence electrons. The maximum atomic E-state index is 12.3. The molecule has 7 heteroatoms. The molecule has 3 N–H and O–H groups in total. The van der Waals surface area contributed by atoms with Crippen molar-refractivity contribution in [3.05, 3.63) is 76.8 Å². The van der Waals surface area contributed by atoms with E-state index in [9.17, 15) is 9.59 Å². The van der Waals surface area contributed by atoms with Crippen molar-refractivity contribution >= 4 is 33.5 Å². The Hall–Kier alpha value is -3.74. The number of amides is 1. The molecule has 4 aromatic rings. The van der Waals surface area contributed by atoms with Crippen molar-refractivity contribution in [2.24, 2.45) is 0 Å². The lowest BCUT2D eigenvalue weighted by Crippen LogP contribution is -2.31. The van der Waals surface area contributed by atoms with Crippen LogP contribution in [0.5, 0.6) is 0 Å². The van der Waals surface area contributed by atoms with Crippen LogP contribution >= 0.6 is 0 Å². The molecule has 2 aromatic heterocycles. The minimum absolute atomic E-state index is 0.157. The second kappa shape index (κ2) is 6.04. The number of nitrogens with zero attached hydrogens (tertiary/aromatic N) is 2. The van der Waals surface area contributed by atoms with Crippen LogP contribution in [0.3, 0.4) is 0 Å². The third-order valence-corrected chi connectivity index (χ3v) is 3.75. The van der Waals surface area contributed by atoms with Crippen molar-refractivity contribution in [2.45, 2.75) is 0 Å². The normalized spacial score (nSPS) is 10.7. The zero-order chi connectivity index (χ0) is 17.2. The van der Waals surface area contributed by atoms with Crippen LogP contribution < -0.4 is 16.4 Å². The molecule has 0 aliphatic rings. The summed E-state index contributed by atoms with van der Waals surface area (Å²) in [7, 11) is 0. The first-order valence-corrected chi connectivity index (χ1v) is 7.61. The Morgan fingerprint density at radius 3 is 2.64 bits per heavy atom. The molecule has 0 aliphatic heterocycles. The lowest BCUT2D eigenvalue weighted by molar-refractivity contribution is 0.0957. The van der Waals surface area contributed by atoms with Gasteiger partial charge in [-0.25, -0.2) is 4.98 Å². The molecule has 7 nitrogen and oxygen atoms in total. The highest BCUT2D eigenvalue weighted by atomic mass is 16.2. The predicted molar refractivity (Wildman–Crippen MR) is 95.2 cm³/mol. The molecule has 0 spiro atoms. The number of anilines is 1. The van der Waals surface area contributed by atoms with Gasteiger partial charge < -0.3 is 4.98 Å². The summed E-state index contributed by atoms with van der Waals surface area (Å²) >= 11 is 0. The highest BCUT2D eigenvalue weighted by Crippen LogP contribution is 2.11. The molecule has 2 aromatic carbocycles. The average molecular weight is 331 g/mol. The van der Waals surface area contributed by atoms with Crippen molar-refractivity contribution in [3.8, 4) is 0 Å². The number of pyridine rings is 1. The predicted octanol–water partition coefficient (Wildman–Crippen LogP) is 2.23. The summed E-state index contributed by atoms with van der Waals surface area (Å²) in [6.07, 6.45) is 1.52. The Morgan fingerprint density at radius 1 is 1.00 bits per heavy atom. The highest BCUT2D eigenvalue weighted by molar-refractivity contribution is 5.96. The second-order valence-electron chi connectivity index (χ2n) is 5.42. The van der Waals surface area contributed by atoms with E-state index in [0.29, 0.717) is 22.1 Å². The van der Waals surface area contributed by atoms with E-state index in [4.69, 9.17) is 0 Å². The molecular formula is C18H13N5O2. The van der Waals surface area contributed by atoms with E-state index in [2.05, 4.69) is 25.8 Å². The van der Waals surface area contributed by atoms with Crippen LogP contribution in [0.2, 0.25) is 0 Å². The minimum atomic E-state index is -0.474. The molecule has 2 heterocycles. The van der Waals surface area contributed by atoms with E-state index in [1.165, 1.54) is 6.20 Å². The van der Waals surface area contributed by atoms with Crippen molar-refractivity contribution in [3.63, 3.8) is 0 Å². The summed E-state index contributed by atoms with van der Waals surface area (Å²) in [5.41, 5.74) is 6.54. The summed E-state index contributed by atoms with van der Waals surface area (Å²) < 4.78 is 0. The number of carbonyl (C=O) groups excluding carboxylic acids is 1. The van der Waals surface area contributed by atoms with Gasteiger partial charge in [-0.05, 0) is 29.7 Å². The zero-order valence-electron chi connectivity index (χ0n) is 13.0. The highest BCUT2D eigenvalue weighted by Gasteiger charge is 2.09. The van der Waals surface area contributed by atoms with E-state index in [1.54, 1.807) is 24.3 Å². The molecule has 4 rings (SSSR count). The number of fused-ring (bicyclic) bond motifs is 2. The maximum absolute atomic E-state index is 12.3. The zero-order valence-corrected chi connectivity index (χ0v) is 13.0. The molecule has 0 bridgehead atoms. The minimum Gasteiger partial charge on any atom is -0.317 e. The van der Waals surface area contributed by atoms with Gasteiger partial charge in [-0.1, -0.05) is 30.3 Å². The number of aromatic nitrogens is 3. The lowest BCUT2D eigenvalue weighted by Gasteiger charge is -2.08. The van der Waals surface area contributed by atoms with Crippen LogP contribution in [0.4, 0.5) is 5.82 Å². The van der Waals surface area contributed by atoms with Gasteiger partial charge in [0.05, 0.1) is 17.2 Å². The molecule has 0 saturated carbocycles. The molecule has 0 fully saturated rings. The smallest absolute Gasteiger partial charge is 0.286 e. The third-order valence-electron chi connectivity index (χ3n) is 3.75. The molecule has 25 heavy (non-hydrogen) atoms. The van der Waals surface area contributed by atoms with Gasteiger partial charge in [-0.2, -0.15) is 0 Å². The first-order chi connectivity index (χ1) is 12.2. The van der Waals surface area contributed by atoms with Crippen LogP contribution in [0.1, 0.15) is 10.5 Å². The first kappa shape index (κ1) is 14.8. The SMILES string of the molecule is O=C(NNc1cnc2ccccc2n1)c1cc2ccccc2c(=O)[nH]1. The molecule has 1 amide bonds. The van der Waals surface area contributed by atoms with E-state index < -0.39 is 5.91 Å². The van der Waals surface area contributed by atoms with E-state index >= 15 is 0 Å². The maximum Gasteiger partial charge on any atom is 0.286 e. The van der Waals surface area contributed by atoms with Gasteiger partial charge in [0, 0.05) is 5.39 Å². The van der Waals surface area contributed by atoms with Gasteiger partial charge in [-0.15, -0.1) is 0 Å². The fourth-order valence-electron chi connectivity index (χ4n) is 2.54. The fraction of sp³-hybridized carbons (Fsp3) is 0. The van der Waals surface area contributed by atoms with Gasteiger partial charge in [0.1, 0.15) is 5.69 Å². The van der Waals surface area contributed by atoms with Crippen LogP contribution in [-0.2, 0) is 0 Å². The number of benzene rings is 2. The number of H-pyrrole nitrogens is 1. The number of para-hydroxylation sites is 2. The first-order valence-electron chi connectivity index (χ1n) is 7.61. The number of hydrazine groups is 1. The number of hydrogen-bond acceptors (Lipinski definition) is 5. The lowest BCUT2D eigenvalue weighted by atomic mass is 10.1. The third kappa shape index (κ3) is 2.90. The van der Waals surface area contributed by atoms with Crippen LogP contribution in [0.25, 0.3) is 21.8 Å². The number of hydrogen-bond donors (Lipinski definition) is 3. The van der Waals surface area contributed by atoms with E-state index in [-0.39, 0.29) is 11.3 Å². The van der Waals surface area contributed by atoms with Crippen molar-refractivity contribution < 1.29 is 4.79 Å². The molecule has 0 saturated heterocycles. The van der Waals surface area contributed by atoms with E-state index in [0.717, 1.165) is 5.52 Å². The Balaban J connectivity index is 1.56. The summed E-state index contributed by atoms with van der Waals surface area (Å²) in [6, 6.07) is 16.1. The van der Waals surface area contributed by atoms with Gasteiger partial charge in [-0.3, -0.25) is 25.4 Å². The summed E-state index contributed by atoms with van der Waals surface area (Å²) in [5.74, 6) is -0.0759. The summed E-state index contributed by atoms with van der Waals surface area (Å²) in [4.78, 5) is 35.5. The van der Waals surface area contributed by atoms with Crippen LogP contribution in [0.15, 0.2) is 65.6 Å². The van der Waals surface area contributed by atoms with Crippen molar-refractivity contribution in [2.75, 3.05) is 5.43 Å². The second-order valence-corrected chi connectivity index (χ2v) is 5.42. The summed E-state index contributed by atoms with van der Waals surface area (Å²) in [5, 5.41) is 1.23. The monoisotopic (exact) mass is 331 g/mol. The topological polar surface area (TPSA) is 99.8 Å². The van der Waals surface area contributed by atoms with Gasteiger partial charge >= 0.3 is 0 Å². The van der Waals surface area contributed by atoms with Gasteiger partial charge in [0.2, 0.25) is 0 Å². The average Bonchev–Trinajstić information content (AvgIpc) is 2.66. The van der Waals surface area contributed by atoms with E-state index in [1.807, 2.05) is 30.3 Å². The van der Waals surface area contributed by atoms with Crippen molar-refractivity contribution in [1.29, 1.82) is 0 Å². The molecule has 0 radical (unpaired) electrons.